The normalized spacial score (nSPS) is 10.2. The third-order valence-electron chi connectivity index (χ3n) is 2.91. The molecule has 0 aliphatic carbocycles. The molecule has 2 N–H and O–H groups in total. The van der Waals surface area contributed by atoms with Gasteiger partial charge in [-0.3, -0.25) is 4.79 Å². The number of halogens is 2. The van der Waals surface area contributed by atoms with Crippen LogP contribution in [0.4, 0.5) is 10.1 Å². The van der Waals surface area contributed by atoms with Gasteiger partial charge in [-0.15, -0.1) is 0 Å². The molecule has 0 bridgehead atoms. The molecule has 108 valence electrons. The van der Waals surface area contributed by atoms with E-state index in [-0.39, 0.29) is 11.3 Å². The van der Waals surface area contributed by atoms with Crippen LogP contribution < -0.4 is 5.32 Å². The highest BCUT2D eigenvalue weighted by molar-refractivity contribution is 9.10. The van der Waals surface area contributed by atoms with Gasteiger partial charge in [-0.05, 0) is 42.8 Å². The Morgan fingerprint density at radius 2 is 1.90 bits per heavy atom. The van der Waals surface area contributed by atoms with Crippen LogP contribution in [0.2, 0.25) is 0 Å². The monoisotopic (exact) mass is 351 g/mol. The number of hydrogen-bond acceptors (Lipinski definition) is 2. The molecule has 0 spiro atoms. The van der Waals surface area contributed by atoms with Crippen molar-refractivity contribution in [1.82, 2.24) is 0 Å². The number of carboxylic acid groups (broad SMARTS) is 1. The first-order chi connectivity index (χ1) is 9.88. The summed E-state index contributed by atoms with van der Waals surface area (Å²) >= 11 is 3.26. The molecule has 0 aliphatic rings. The lowest BCUT2D eigenvalue weighted by molar-refractivity contribution is 0.0696. The summed E-state index contributed by atoms with van der Waals surface area (Å²) in [5.74, 6) is -2.39. The molecule has 0 atom stereocenters. The highest BCUT2D eigenvalue weighted by atomic mass is 79.9. The van der Waals surface area contributed by atoms with Crippen molar-refractivity contribution >= 4 is 33.5 Å². The SMILES string of the molecule is Cc1ccc(Br)cc1C(=O)Nc1cc(C(=O)O)ccc1F. The van der Waals surface area contributed by atoms with E-state index in [0.717, 1.165) is 28.2 Å². The summed E-state index contributed by atoms with van der Waals surface area (Å²) in [5.41, 5.74) is 0.840. The molecule has 0 aromatic heterocycles. The summed E-state index contributed by atoms with van der Waals surface area (Å²) < 4.78 is 14.4. The van der Waals surface area contributed by atoms with Gasteiger partial charge in [0.1, 0.15) is 5.82 Å². The fourth-order valence-corrected chi connectivity index (χ4v) is 2.14. The molecule has 0 aliphatic heterocycles. The first-order valence-corrected chi connectivity index (χ1v) is 6.78. The summed E-state index contributed by atoms with van der Waals surface area (Å²) in [6.45, 7) is 1.76. The van der Waals surface area contributed by atoms with Crippen molar-refractivity contribution in [3.05, 3.63) is 63.4 Å². The molecule has 21 heavy (non-hydrogen) atoms. The highest BCUT2D eigenvalue weighted by Crippen LogP contribution is 2.20. The summed E-state index contributed by atoms with van der Waals surface area (Å²) in [6.07, 6.45) is 0. The molecular formula is C15H11BrFNO3. The Hall–Kier alpha value is -2.21. The number of amides is 1. The average Bonchev–Trinajstić information content (AvgIpc) is 2.43. The number of rotatable bonds is 3. The number of aromatic carboxylic acids is 1. The van der Waals surface area contributed by atoms with Gasteiger partial charge in [-0.1, -0.05) is 22.0 Å². The second-order valence-corrected chi connectivity index (χ2v) is 5.33. The van der Waals surface area contributed by atoms with Crippen LogP contribution in [0.5, 0.6) is 0 Å². The Balaban J connectivity index is 2.33. The van der Waals surface area contributed by atoms with Gasteiger partial charge in [0.2, 0.25) is 0 Å². The van der Waals surface area contributed by atoms with E-state index in [2.05, 4.69) is 21.2 Å². The molecule has 6 heteroatoms. The Morgan fingerprint density at radius 1 is 1.19 bits per heavy atom. The smallest absolute Gasteiger partial charge is 0.335 e. The van der Waals surface area contributed by atoms with Gasteiger partial charge in [0.15, 0.2) is 0 Å². The first kappa shape index (κ1) is 15.2. The van der Waals surface area contributed by atoms with Crippen molar-refractivity contribution in [3.63, 3.8) is 0 Å². The summed E-state index contributed by atoms with van der Waals surface area (Å²) in [6, 6.07) is 8.39. The Labute approximate surface area is 128 Å². The number of nitrogens with one attached hydrogen (secondary N) is 1. The Kier molecular flexibility index (Phi) is 4.37. The van der Waals surface area contributed by atoms with Crippen molar-refractivity contribution in [2.45, 2.75) is 6.92 Å². The van der Waals surface area contributed by atoms with E-state index in [4.69, 9.17) is 5.11 Å². The maximum atomic E-state index is 13.7. The first-order valence-electron chi connectivity index (χ1n) is 5.99. The van der Waals surface area contributed by atoms with Crippen LogP contribution in [-0.2, 0) is 0 Å². The van der Waals surface area contributed by atoms with Crippen LogP contribution in [0, 0.1) is 12.7 Å². The second kappa shape index (κ2) is 6.05. The molecule has 0 saturated carbocycles. The Morgan fingerprint density at radius 3 is 2.57 bits per heavy atom. The molecule has 2 aromatic rings. The summed E-state index contributed by atoms with van der Waals surface area (Å²) in [7, 11) is 0. The lowest BCUT2D eigenvalue weighted by atomic mass is 10.1. The fraction of sp³-hybridized carbons (Fsp3) is 0.0667. The van der Waals surface area contributed by atoms with E-state index < -0.39 is 17.7 Å². The molecule has 0 fully saturated rings. The molecule has 4 nitrogen and oxygen atoms in total. The quantitative estimate of drug-likeness (QED) is 0.882. The second-order valence-electron chi connectivity index (χ2n) is 4.41. The van der Waals surface area contributed by atoms with Crippen molar-refractivity contribution in [1.29, 1.82) is 0 Å². The minimum absolute atomic E-state index is 0.0994. The van der Waals surface area contributed by atoms with Crippen molar-refractivity contribution in [2.24, 2.45) is 0 Å². The number of carbonyl (C=O) groups excluding carboxylic acids is 1. The predicted molar refractivity (Wildman–Crippen MR) is 80.2 cm³/mol. The van der Waals surface area contributed by atoms with E-state index in [9.17, 15) is 14.0 Å². The van der Waals surface area contributed by atoms with Gasteiger partial charge in [-0.2, -0.15) is 0 Å². The Bertz CT molecular complexity index is 731. The molecule has 2 aromatic carbocycles. The number of aryl methyl sites for hydroxylation is 1. The molecule has 1 amide bonds. The molecule has 0 unspecified atom stereocenters. The topological polar surface area (TPSA) is 66.4 Å². The number of anilines is 1. The predicted octanol–water partition coefficient (Wildman–Crippen LogP) is 3.85. The van der Waals surface area contributed by atoms with Gasteiger partial charge >= 0.3 is 5.97 Å². The van der Waals surface area contributed by atoms with Crippen LogP contribution in [0.15, 0.2) is 40.9 Å². The summed E-state index contributed by atoms with van der Waals surface area (Å²) in [5, 5.41) is 11.3. The third kappa shape index (κ3) is 3.46. The van der Waals surface area contributed by atoms with Crippen LogP contribution in [0.1, 0.15) is 26.3 Å². The van der Waals surface area contributed by atoms with Gasteiger partial charge in [0.05, 0.1) is 11.3 Å². The molecule has 0 radical (unpaired) electrons. The molecule has 0 saturated heterocycles. The van der Waals surface area contributed by atoms with Gasteiger partial charge in [0.25, 0.3) is 5.91 Å². The van der Waals surface area contributed by atoms with E-state index in [1.54, 1.807) is 25.1 Å². The van der Waals surface area contributed by atoms with E-state index >= 15 is 0 Å². The van der Waals surface area contributed by atoms with E-state index in [0.29, 0.717) is 5.56 Å². The fourth-order valence-electron chi connectivity index (χ4n) is 1.78. The van der Waals surface area contributed by atoms with Gasteiger partial charge < -0.3 is 10.4 Å². The lowest BCUT2D eigenvalue weighted by Gasteiger charge is -2.09. The maximum Gasteiger partial charge on any atom is 0.335 e. The zero-order valence-electron chi connectivity index (χ0n) is 11.0. The minimum Gasteiger partial charge on any atom is -0.478 e. The van der Waals surface area contributed by atoms with Crippen molar-refractivity contribution < 1.29 is 19.1 Å². The number of carbonyl (C=O) groups is 2. The zero-order valence-corrected chi connectivity index (χ0v) is 12.6. The average molecular weight is 352 g/mol. The van der Waals surface area contributed by atoms with Crippen molar-refractivity contribution in [2.75, 3.05) is 5.32 Å². The van der Waals surface area contributed by atoms with Gasteiger partial charge in [-0.25, -0.2) is 9.18 Å². The third-order valence-corrected chi connectivity index (χ3v) is 3.40. The van der Waals surface area contributed by atoms with Crippen LogP contribution in [0.3, 0.4) is 0 Å². The number of hydrogen-bond donors (Lipinski definition) is 2. The largest absolute Gasteiger partial charge is 0.478 e. The van der Waals surface area contributed by atoms with E-state index in [1.165, 1.54) is 0 Å². The van der Waals surface area contributed by atoms with Crippen LogP contribution in [0.25, 0.3) is 0 Å². The zero-order chi connectivity index (χ0) is 15.6. The lowest BCUT2D eigenvalue weighted by Crippen LogP contribution is -2.15. The molecule has 0 heterocycles. The van der Waals surface area contributed by atoms with Gasteiger partial charge in [0, 0.05) is 10.0 Å². The van der Waals surface area contributed by atoms with E-state index in [1.807, 2.05) is 0 Å². The summed E-state index contributed by atoms with van der Waals surface area (Å²) in [4.78, 5) is 23.1. The molecular weight excluding hydrogens is 341 g/mol. The minimum atomic E-state index is -1.19. The van der Waals surface area contributed by atoms with Crippen LogP contribution in [-0.4, -0.2) is 17.0 Å². The molecule has 2 rings (SSSR count). The van der Waals surface area contributed by atoms with Crippen molar-refractivity contribution in [3.8, 4) is 0 Å². The van der Waals surface area contributed by atoms with Crippen LogP contribution >= 0.6 is 15.9 Å². The number of benzene rings is 2. The standard InChI is InChI=1S/C15H11BrFNO3/c1-8-2-4-10(16)7-11(8)14(19)18-13-6-9(15(20)21)3-5-12(13)17/h2-7H,1H3,(H,18,19)(H,20,21). The number of carboxylic acids is 1. The maximum absolute atomic E-state index is 13.7. The highest BCUT2D eigenvalue weighted by Gasteiger charge is 2.14.